The van der Waals surface area contributed by atoms with Crippen LogP contribution >= 0.6 is 12.4 Å². The number of nitrogens with two attached hydrogens (primary N) is 1. The number of hydrogen-bond acceptors (Lipinski definition) is 4. The van der Waals surface area contributed by atoms with Crippen molar-refractivity contribution in [3.63, 3.8) is 0 Å². The van der Waals surface area contributed by atoms with Crippen LogP contribution in [-0.2, 0) is 0 Å². The lowest BCUT2D eigenvalue weighted by molar-refractivity contribution is 0.318. The van der Waals surface area contributed by atoms with Crippen LogP contribution in [0, 0.1) is 0 Å². The predicted molar refractivity (Wildman–Crippen MR) is 58.1 cm³/mol. The van der Waals surface area contributed by atoms with E-state index >= 15 is 0 Å². The zero-order valence-corrected chi connectivity index (χ0v) is 8.57. The summed E-state index contributed by atoms with van der Waals surface area (Å²) in [5.41, 5.74) is 6.84. The van der Waals surface area contributed by atoms with Gasteiger partial charge in [0, 0.05) is 18.0 Å². The van der Waals surface area contributed by atoms with Gasteiger partial charge in [0.15, 0.2) is 0 Å². The van der Waals surface area contributed by atoms with Gasteiger partial charge in [-0.05, 0) is 31.5 Å². The van der Waals surface area contributed by atoms with E-state index in [1.807, 2.05) is 12.1 Å². The average Bonchev–Trinajstić information content (AvgIpc) is 2.21. The summed E-state index contributed by atoms with van der Waals surface area (Å²) in [5.74, 6) is 0. The Bertz CT molecular complexity index is 277. The van der Waals surface area contributed by atoms with Crippen molar-refractivity contribution in [3.05, 3.63) is 30.1 Å². The molecule has 0 unspecified atom stereocenters. The molecule has 0 fully saturated rings. The molecule has 0 atom stereocenters. The van der Waals surface area contributed by atoms with Gasteiger partial charge >= 0.3 is 0 Å². The zero-order chi connectivity index (χ0) is 9.52. The summed E-state index contributed by atoms with van der Waals surface area (Å²) < 4.78 is 0. The van der Waals surface area contributed by atoms with Gasteiger partial charge in [0.2, 0.25) is 0 Å². The molecule has 0 aromatic carbocycles. The van der Waals surface area contributed by atoms with Crippen molar-refractivity contribution in [2.75, 3.05) is 6.54 Å². The van der Waals surface area contributed by atoms with E-state index in [2.05, 4.69) is 10.1 Å². The molecule has 0 aliphatic rings. The Morgan fingerprint density at radius 2 is 2.36 bits per heavy atom. The maximum absolute atomic E-state index is 8.73. The first kappa shape index (κ1) is 12.9. The molecular weight excluding hydrogens is 202 g/mol. The highest BCUT2D eigenvalue weighted by molar-refractivity contribution is 5.99. The topological polar surface area (TPSA) is 71.5 Å². The van der Waals surface area contributed by atoms with Crippen molar-refractivity contribution < 1.29 is 5.21 Å². The van der Waals surface area contributed by atoms with E-state index in [-0.39, 0.29) is 12.4 Å². The average molecular weight is 216 g/mol. The quantitative estimate of drug-likeness (QED) is 0.453. The van der Waals surface area contributed by atoms with Gasteiger partial charge in [-0.3, -0.25) is 4.98 Å². The van der Waals surface area contributed by atoms with Crippen molar-refractivity contribution in [1.29, 1.82) is 0 Å². The Morgan fingerprint density at radius 1 is 1.57 bits per heavy atom. The van der Waals surface area contributed by atoms with Crippen molar-refractivity contribution in [2.24, 2.45) is 10.9 Å². The fourth-order valence-corrected chi connectivity index (χ4v) is 1.06. The normalized spacial score (nSPS) is 10.8. The molecule has 0 aliphatic carbocycles. The van der Waals surface area contributed by atoms with Crippen LogP contribution in [0.5, 0.6) is 0 Å². The Kier molecular flexibility index (Phi) is 6.70. The van der Waals surface area contributed by atoms with E-state index in [1.165, 1.54) is 0 Å². The lowest BCUT2D eigenvalue weighted by Gasteiger charge is -2.01. The Morgan fingerprint density at radius 3 is 2.86 bits per heavy atom. The highest BCUT2D eigenvalue weighted by Gasteiger charge is 2.02. The maximum Gasteiger partial charge on any atom is 0.0883 e. The molecule has 0 aliphatic heterocycles. The number of pyridine rings is 1. The van der Waals surface area contributed by atoms with Gasteiger partial charge in [-0.2, -0.15) is 0 Å². The fraction of sp³-hybridized carbons (Fsp3) is 0.333. The predicted octanol–water partition coefficient (Wildman–Crippen LogP) is 1.42. The Labute approximate surface area is 89.2 Å². The van der Waals surface area contributed by atoms with Gasteiger partial charge in [-0.25, -0.2) is 0 Å². The van der Waals surface area contributed by atoms with Gasteiger partial charge in [-0.15, -0.1) is 12.4 Å². The van der Waals surface area contributed by atoms with Crippen molar-refractivity contribution in [2.45, 2.75) is 12.8 Å². The van der Waals surface area contributed by atoms with Gasteiger partial charge in [0.05, 0.1) is 5.71 Å². The van der Waals surface area contributed by atoms with Crippen LogP contribution in [0.4, 0.5) is 0 Å². The molecule has 0 amide bonds. The number of halogens is 1. The van der Waals surface area contributed by atoms with Crippen LogP contribution in [-0.4, -0.2) is 22.4 Å². The van der Waals surface area contributed by atoms with E-state index in [4.69, 9.17) is 10.9 Å². The largest absolute Gasteiger partial charge is 0.411 e. The lowest BCUT2D eigenvalue weighted by atomic mass is 10.1. The summed E-state index contributed by atoms with van der Waals surface area (Å²) in [7, 11) is 0. The van der Waals surface area contributed by atoms with E-state index in [0.29, 0.717) is 18.7 Å². The van der Waals surface area contributed by atoms with Crippen LogP contribution in [0.25, 0.3) is 0 Å². The second-order valence-electron chi connectivity index (χ2n) is 2.68. The van der Waals surface area contributed by atoms with Gasteiger partial charge in [0.1, 0.15) is 0 Å². The number of aromatic nitrogens is 1. The molecule has 0 saturated carbocycles. The third-order valence-corrected chi connectivity index (χ3v) is 1.73. The van der Waals surface area contributed by atoms with Crippen LogP contribution in [0.1, 0.15) is 18.4 Å². The molecule has 1 aromatic heterocycles. The van der Waals surface area contributed by atoms with E-state index < -0.39 is 0 Å². The summed E-state index contributed by atoms with van der Waals surface area (Å²) in [6.45, 7) is 0.597. The fourth-order valence-electron chi connectivity index (χ4n) is 1.06. The molecule has 0 bridgehead atoms. The molecular formula is C9H14ClN3O. The molecule has 1 heterocycles. The summed E-state index contributed by atoms with van der Waals surface area (Å²) in [6, 6.07) is 3.67. The molecule has 1 rings (SSSR count). The van der Waals surface area contributed by atoms with E-state index in [1.54, 1.807) is 12.4 Å². The van der Waals surface area contributed by atoms with Crippen LogP contribution in [0.2, 0.25) is 0 Å². The van der Waals surface area contributed by atoms with Crippen LogP contribution in [0.15, 0.2) is 29.7 Å². The second-order valence-corrected chi connectivity index (χ2v) is 2.68. The molecule has 0 radical (unpaired) electrons. The number of rotatable bonds is 4. The Hall–Kier alpha value is -1.13. The standard InChI is InChI=1S/C9H13N3O.ClH/c10-5-1-4-9(12-13)8-3-2-6-11-7-8;/h2-3,6-7,13H,1,4-5,10H2;1H. The molecule has 14 heavy (non-hydrogen) atoms. The minimum Gasteiger partial charge on any atom is -0.411 e. The first-order valence-electron chi connectivity index (χ1n) is 4.20. The van der Waals surface area contributed by atoms with Crippen molar-refractivity contribution in [3.8, 4) is 0 Å². The number of nitrogens with zero attached hydrogens (tertiary/aromatic N) is 2. The smallest absolute Gasteiger partial charge is 0.0883 e. The maximum atomic E-state index is 8.73. The van der Waals surface area contributed by atoms with Crippen molar-refractivity contribution in [1.82, 2.24) is 4.98 Å². The molecule has 5 heteroatoms. The van der Waals surface area contributed by atoms with E-state index in [9.17, 15) is 0 Å². The first-order valence-corrected chi connectivity index (χ1v) is 4.20. The van der Waals surface area contributed by atoms with Crippen molar-refractivity contribution >= 4 is 18.1 Å². The minimum absolute atomic E-state index is 0. The lowest BCUT2D eigenvalue weighted by Crippen LogP contribution is -2.06. The summed E-state index contributed by atoms with van der Waals surface area (Å²) in [5, 5.41) is 11.9. The molecule has 4 nitrogen and oxygen atoms in total. The van der Waals surface area contributed by atoms with Gasteiger partial charge in [-0.1, -0.05) is 5.16 Å². The zero-order valence-electron chi connectivity index (χ0n) is 7.76. The highest BCUT2D eigenvalue weighted by atomic mass is 35.5. The minimum atomic E-state index is 0. The molecule has 3 N–H and O–H groups in total. The Balaban J connectivity index is 0.00000169. The van der Waals surface area contributed by atoms with Gasteiger partial charge in [0.25, 0.3) is 0 Å². The first-order chi connectivity index (χ1) is 6.38. The van der Waals surface area contributed by atoms with Gasteiger partial charge < -0.3 is 10.9 Å². The molecule has 78 valence electrons. The SMILES string of the molecule is Cl.NCCCC(=NO)c1cccnc1. The summed E-state index contributed by atoms with van der Waals surface area (Å²) in [4.78, 5) is 3.94. The highest BCUT2D eigenvalue weighted by Crippen LogP contribution is 2.03. The van der Waals surface area contributed by atoms with Crippen LogP contribution < -0.4 is 5.73 Å². The van der Waals surface area contributed by atoms with E-state index in [0.717, 1.165) is 12.0 Å². The summed E-state index contributed by atoms with van der Waals surface area (Å²) >= 11 is 0. The molecule has 1 aromatic rings. The number of hydrogen-bond donors (Lipinski definition) is 2. The third-order valence-electron chi connectivity index (χ3n) is 1.73. The third kappa shape index (κ3) is 3.72. The summed E-state index contributed by atoms with van der Waals surface area (Å²) in [6.07, 6.45) is 4.85. The van der Waals surface area contributed by atoms with Crippen LogP contribution in [0.3, 0.4) is 0 Å². The molecule has 0 saturated heterocycles. The molecule has 0 spiro atoms. The number of oxime groups is 1. The second kappa shape index (κ2) is 7.29. The monoisotopic (exact) mass is 215 g/mol.